The van der Waals surface area contributed by atoms with Gasteiger partial charge in [-0.3, -0.25) is 4.31 Å². The molecule has 0 aromatic heterocycles. The van der Waals surface area contributed by atoms with Crippen LogP contribution < -0.4 is 10.0 Å². The molecule has 0 bridgehead atoms. The van der Waals surface area contributed by atoms with Gasteiger partial charge in [0.05, 0.1) is 21.3 Å². The number of halogens is 2. The van der Waals surface area contributed by atoms with Gasteiger partial charge < -0.3 is 5.73 Å². The highest BCUT2D eigenvalue weighted by Gasteiger charge is 2.24. The van der Waals surface area contributed by atoms with Gasteiger partial charge in [-0.25, -0.2) is 12.8 Å². The molecule has 2 aromatic carbocycles. The fraction of sp³-hybridized carbons (Fsp3) is 0.143. The Bertz CT molecular complexity index is 776. The summed E-state index contributed by atoms with van der Waals surface area (Å²) in [5, 5.41) is 0.302. The molecular formula is C14H14ClFN2O2S. The second-order valence-electron chi connectivity index (χ2n) is 4.59. The average Bonchev–Trinajstić information content (AvgIpc) is 2.42. The molecule has 0 aliphatic heterocycles. The van der Waals surface area contributed by atoms with Gasteiger partial charge in [0.25, 0.3) is 10.0 Å². The molecule has 2 N–H and O–H groups in total. The molecule has 0 radical (unpaired) electrons. The molecule has 0 aliphatic rings. The van der Waals surface area contributed by atoms with E-state index in [1.807, 2.05) is 0 Å². The van der Waals surface area contributed by atoms with Gasteiger partial charge in [0.1, 0.15) is 5.82 Å². The first kappa shape index (κ1) is 15.6. The van der Waals surface area contributed by atoms with Gasteiger partial charge in [0.2, 0.25) is 0 Å². The van der Waals surface area contributed by atoms with Crippen LogP contribution >= 0.6 is 11.6 Å². The quantitative estimate of drug-likeness (QED) is 0.880. The number of nitrogen functional groups attached to an aromatic ring is 1. The minimum absolute atomic E-state index is 0.0659. The third kappa shape index (κ3) is 2.96. The number of sulfonamides is 1. The molecule has 0 saturated carbocycles. The third-order valence-electron chi connectivity index (χ3n) is 3.12. The lowest BCUT2D eigenvalue weighted by Gasteiger charge is -2.21. The van der Waals surface area contributed by atoms with Crippen molar-refractivity contribution in [2.45, 2.75) is 11.8 Å². The zero-order valence-corrected chi connectivity index (χ0v) is 13.0. The Balaban J connectivity index is 2.51. The molecule has 21 heavy (non-hydrogen) atoms. The number of rotatable bonds is 3. The maximum atomic E-state index is 12.9. The summed E-state index contributed by atoms with van der Waals surface area (Å²) in [5.41, 5.74) is 6.71. The molecule has 0 unspecified atom stereocenters. The number of benzene rings is 2. The van der Waals surface area contributed by atoms with Crippen LogP contribution in [0.3, 0.4) is 0 Å². The molecular weight excluding hydrogens is 315 g/mol. The molecule has 0 fully saturated rings. The monoisotopic (exact) mass is 328 g/mol. The zero-order valence-electron chi connectivity index (χ0n) is 11.5. The van der Waals surface area contributed by atoms with E-state index in [9.17, 15) is 12.8 Å². The Morgan fingerprint density at radius 2 is 1.76 bits per heavy atom. The number of hydrogen-bond donors (Lipinski definition) is 1. The highest BCUT2D eigenvalue weighted by Crippen LogP contribution is 2.29. The van der Waals surface area contributed by atoms with Gasteiger partial charge in [0, 0.05) is 7.05 Å². The van der Waals surface area contributed by atoms with Crippen LogP contribution in [0.2, 0.25) is 5.02 Å². The summed E-state index contributed by atoms with van der Waals surface area (Å²) in [5.74, 6) is -0.434. The third-order valence-corrected chi connectivity index (χ3v) is 5.38. The lowest BCUT2D eigenvalue weighted by Crippen LogP contribution is -2.27. The van der Waals surface area contributed by atoms with Crippen molar-refractivity contribution in [3.05, 3.63) is 52.8 Å². The summed E-state index contributed by atoms with van der Waals surface area (Å²) < 4.78 is 39.3. The molecule has 0 atom stereocenters. The highest BCUT2D eigenvalue weighted by molar-refractivity contribution is 7.92. The number of nitrogens with two attached hydrogens (primary N) is 1. The molecule has 0 heterocycles. The normalized spacial score (nSPS) is 11.4. The smallest absolute Gasteiger partial charge is 0.264 e. The van der Waals surface area contributed by atoms with Crippen LogP contribution in [0, 0.1) is 12.7 Å². The Hall–Kier alpha value is -1.79. The highest BCUT2D eigenvalue weighted by atomic mass is 35.5. The van der Waals surface area contributed by atoms with Crippen LogP contribution in [0.25, 0.3) is 0 Å². The number of anilines is 2. The second kappa shape index (κ2) is 5.54. The summed E-state index contributed by atoms with van der Waals surface area (Å²) >= 11 is 5.87. The number of hydrogen-bond acceptors (Lipinski definition) is 3. The topological polar surface area (TPSA) is 63.4 Å². The molecule has 2 aromatic rings. The molecule has 0 aliphatic carbocycles. The van der Waals surface area contributed by atoms with Crippen molar-refractivity contribution >= 4 is 33.0 Å². The maximum Gasteiger partial charge on any atom is 0.264 e. The minimum atomic E-state index is -3.80. The zero-order chi connectivity index (χ0) is 15.8. The van der Waals surface area contributed by atoms with E-state index in [0.717, 1.165) is 4.31 Å². The van der Waals surface area contributed by atoms with Crippen LogP contribution in [-0.2, 0) is 10.0 Å². The predicted octanol–water partition coefficient (Wildman–Crippen LogP) is 3.19. The predicted molar refractivity (Wildman–Crippen MR) is 82.6 cm³/mol. The lowest BCUT2D eigenvalue weighted by molar-refractivity contribution is 0.593. The van der Waals surface area contributed by atoms with E-state index in [1.165, 1.54) is 43.4 Å². The van der Waals surface area contributed by atoms with Gasteiger partial charge in [0.15, 0.2) is 0 Å². The van der Waals surface area contributed by atoms with E-state index in [4.69, 9.17) is 17.3 Å². The first-order chi connectivity index (χ1) is 9.73. The maximum absolute atomic E-state index is 12.9. The molecule has 0 amide bonds. The average molecular weight is 329 g/mol. The summed E-state index contributed by atoms with van der Waals surface area (Å²) in [6, 6.07) is 8.01. The standard InChI is InChI=1S/C14H14ClFN2O2S/c1-9-7-12(15)13(17)8-14(9)21(19,20)18(2)11-5-3-10(16)4-6-11/h3-8H,17H2,1-2H3. The SMILES string of the molecule is Cc1cc(Cl)c(N)cc1S(=O)(=O)N(C)c1ccc(F)cc1. The van der Waals surface area contributed by atoms with Gasteiger partial charge >= 0.3 is 0 Å². The molecule has 7 heteroatoms. The van der Waals surface area contributed by atoms with E-state index < -0.39 is 15.8 Å². The largest absolute Gasteiger partial charge is 0.397 e. The van der Waals surface area contributed by atoms with E-state index in [-0.39, 0.29) is 10.6 Å². The second-order valence-corrected chi connectivity index (χ2v) is 6.93. The molecule has 2 rings (SSSR count). The van der Waals surface area contributed by atoms with Crippen LogP contribution in [0.4, 0.5) is 15.8 Å². The molecule has 0 spiro atoms. The lowest BCUT2D eigenvalue weighted by atomic mass is 10.2. The van der Waals surface area contributed by atoms with Crippen molar-refractivity contribution in [2.24, 2.45) is 0 Å². The fourth-order valence-electron chi connectivity index (χ4n) is 1.88. The number of nitrogens with zero attached hydrogens (tertiary/aromatic N) is 1. The van der Waals surface area contributed by atoms with Crippen molar-refractivity contribution in [1.82, 2.24) is 0 Å². The van der Waals surface area contributed by atoms with Crippen molar-refractivity contribution in [2.75, 3.05) is 17.1 Å². The Kier molecular flexibility index (Phi) is 4.11. The summed E-state index contributed by atoms with van der Waals surface area (Å²) in [6.45, 7) is 1.64. The molecule has 4 nitrogen and oxygen atoms in total. The fourth-order valence-corrected chi connectivity index (χ4v) is 3.54. The van der Waals surface area contributed by atoms with Crippen molar-refractivity contribution in [1.29, 1.82) is 0 Å². The molecule has 0 saturated heterocycles. The van der Waals surface area contributed by atoms with E-state index in [0.29, 0.717) is 16.3 Å². The first-order valence-electron chi connectivity index (χ1n) is 6.03. The van der Waals surface area contributed by atoms with Crippen LogP contribution in [0.15, 0.2) is 41.3 Å². The van der Waals surface area contributed by atoms with E-state index >= 15 is 0 Å². The molecule has 112 valence electrons. The van der Waals surface area contributed by atoms with E-state index in [1.54, 1.807) is 6.92 Å². The Morgan fingerprint density at radius 3 is 2.33 bits per heavy atom. The Labute approximate surface area is 128 Å². The van der Waals surface area contributed by atoms with Gasteiger partial charge in [-0.1, -0.05) is 11.6 Å². The van der Waals surface area contributed by atoms with Gasteiger partial charge in [-0.05, 0) is 48.9 Å². The minimum Gasteiger partial charge on any atom is -0.397 e. The van der Waals surface area contributed by atoms with Gasteiger partial charge in [-0.2, -0.15) is 0 Å². The summed E-state index contributed by atoms with van der Waals surface area (Å²) in [7, 11) is -2.41. The Morgan fingerprint density at radius 1 is 1.19 bits per heavy atom. The van der Waals surface area contributed by atoms with Crippen molar-refractivity contribution in [3.63, 3.8) is 0 Å². The first-order valence-corrected chi connectivity index (χ1v) is 7.85. The van der Waals surface area contributed by atoms with Gasteiger partial charge in [-0.15, -0.1) is 0 Å². The van der Waals surface area contributed by atoms with E-state index in [2.05, 4.69) is 0 Å². The summed E-state index contributed by atoms with van der Waals surface area (Å²) in [4.78, 5) is 0.0659. The van der Waals surface area contributed by atoms with Crippen LogP contribution in [0.5, 0.6) is 0 Å². The van der Waals surface area contributed by atoms with Crippen molar-refractivity contribution < 1.29 is 12.8 Å². The summed E-state index contributed by atoms with van der Waals surface area (Å²) in [6.07, 6.45) is 0. The van der Waals surface area contributed by atoms with Crippen LogP contribution in [0.1, 0.15) is 5.56 Å². The van der Waals surface area contributed by atoms with Crippen molar-refractivity contribution in [3.8, 4) is 0 Å². The van der Waals surface area contributed by atoms with Crippen LogP contribution in [-0.4, -0.2) is 15.5 Å². The number of aryl methyl sites for hydroxylation is 1.